The Morgan fingerprint density at radius 1 is 1.25 bits per heavy atom. The largest absolute Gasteiger partial charge is 0.466 e. The van der Waals surface area contributed by atoms with Crippen LogP contribution in [0.3, 0.4) is 0 Å². The normalized spacial score (nSPS) is 9.56. The highest BCUT2D eigenvalue weighted by molar-refractivity contribution is 5.94. The summed E-state index contributed by atoms with van der Waals surface area (Å²) in [5.41, 5.74) is 0.589. The quantitative estimate of drug-likeness (QED) is 0.764. The lowest BCUT2D eigenvalue weighted by Gasteiger charge is -2.04. The average Bonchev–Trinajstić information content (AvgIpc) is 2.30. The lowest BCUT2D eigenvalue weighted by molar-refractivity contribution is -0.142. The second-order valence-electron chi connectivity index (χ2n) is 3.18. The van der Waals surface area contributed by atoms with E-state index in [1.54, 1.807) is 31.2 Å². The topological polar surface area (TPSA) is 55.4 Å². The summed E-state index contributed by atoms with van der Waals surface area (Å²) in [5.74, 6) is -0.472. The van der Waals surface area contributed by atoms with Gasteiger partial charge in [-0.05, 0) is 19.1 Å². The monoisotopic (exact) mass is 221 g/mol. The number of amides is 1. The molecule has 86 valence electrons. The molecule has 4 nitrogen and oxygen atoms in total. The van der Waals surface area contributed by atoms with E-state index in [0.717, 1.165) is 0 Å². The van der Waals surface area contributed by atoms with Crippen LogP contribution < -0.4 is 5.32 Å². The van der Waals surface area contributed by atoms with E-state index < -0.39 is 0 Å². The fourth-order valence-electron chi connectivity index (χ4n) is 1.20. The fourth-order valence-corrected chi connectivity index (χ4v) is 1.20. The van der Waals surface area contributed by atoms with Gasteiger partial charge in [-0.3, -0.25) is 9.59 Å². The van der Waals surface area contributed by atoms with Gasteiger partial charge in [-0.15, -0.1) is 0 Å². The number of hydrogen-bond donors (Lipinski definition) is 1. The van der Waals surface area contributed by atoms with Crippen LogP contribution in [0.25, 0.3) is 0 Å². The molecule has 0 aliphatic carbocycles. The van der Waals surface area contributed by atoms with Gasteiger partial charge in [0.25, 0.3) is 5.91 Å². The Morgan fingerprint density at radius 2 is 1.94 bits per heavy atom. The van der Waals surface area contributed by atoms with Crippen LogP contribution in [0.4, 0.5) is 0 Å². The van der Waals surface area contributed by atoms with Gasteiger partial charge < -0.3 is 10.1 Å². The molecule has 1 N–H and O–H groups in total. The van der Waals surface area contributed by atoms with Crippen molar-refractivity contribution in [3.05, 3.63) is 35.9 Å². The van der Waals surface area contributed by atoms with Crippen LogP contribution in [0.2, 0.25) is 0 Å². The van der Waals surface area contributed by atoms with Crippen molar-refractivity contribution >= 4 is 11.9 Å². The molecular weight excluding hydrogens is 206 g/mol. The summed E-state index contributed by atoms with van der Waals surface area (Å²) in [5, 5.41) is 2.65. The Hall–Kier alpha value is -1.84. The van der Waals surface area contributed by atoms with E-state index in [1.165, 1.54) is 0 Å². The molecule has 0 fully saturated rings. The zero-order chi connectivity index (χ0) is 11.8. The number of benzene rings is 1. The number of carbonyl (C=O) groups is 2. The molecule has 16 heavy (non-hydrogen) atoms. The Bertz CT molecular complexity index is 349. The summed E-state index contributed by atoms with van der Waals surface area (Å²) in [7, 11) is 0. The van der Waals surface area contributed by atoms with E-state index in [4.69, 9.17) is 4.74 Å². The lowest BCUT2D eigenvalue weighted by Crippen LogP contribution is -2.26. The number of hydrogen-bond acceptors (Lipinski definition) is 3. The minimum absolute atomic E-state index is 0.176. The Morgan fingerprint density at radius 3 is 2.56 bits per heavy atom. The molecule has 0 heterocycles. The minimum Gasteiger partial charge on any atom is -0.466 e. The molecule has 1 aromatic carbocycles. The Balaban J connectivity index is 2.29. The smallest absolute Gasteiger partial charge is 0.307 e. The number of esters is 1. The molecule has 0 radical (unpaired) electrons. The zero-order valence-corrected chi connectivity index (χ0v) is 9.23. The first-order valence-electron chi connectivity index (χ1n) is 5.23. The van der Waals surface area contributed by atoms with Gasteiger partial charge in [-0.25, -0.2) is 0 Å². The number of nitrogens with one attached hydrogen (secondary N) is 1. The average molecular weight is 221 g/mol. The third-order valence-corrected chi connectivity index (χ3v) is 1.96. The minimum atomic E-state index is -0.295. The first kappa shape index (κ1) is 12.2. The van der Waals surface area contributed by atoms with Gasteiger partial charge in [0, 0.05) is 12.1 Å². The van der Waals surface area contributed by atoms with Crippen molar-refractivity contribution in [1.29, 1.82) is 0 Å². The van der Waals surface area contributed by atoms with Crippen LogP contribution in [0.5, 0.6) is 0 Å². The van der Waals surface area contributed by atoms with Crippen LogP contribution in [0.1, 0.15) is 23.7 Å². The van der Waals surface area contributed by atoms with Gasteiger partial charge in [0.1, 0.15) is 0 Å². The lowest BCUT2D eigenvalue weighted by atomic mass is 10.2. The highest BCUT2D eigenvalue weighted by Crippen LogP contribution is 1.97. The van der Waals surface area contributed by atoms with Crippen LogP contribution in [-0.2, 0) is 9.53 Å². The first-order chi connectivity index (χ1) is 7.74. The zero-order valence-electron chi connectivity index (χ0n) is 9.23. The summed E-state index contributed by atoms with van der Waals surface area (Å²) < 4.78 is 4.74. The van der Waals surface area contributed by atoms with Gasteiger partial charge in [0.05, 0.1) is 13.0 Å². The molecule has 4 heteroatoms. The van der Waals surface area contributed by atoms with Crippen molar-refractivity contribution in [1.82, 2.24) is 5.32 Å². The third-order valence-electron chi connectivity index (χ3n) is 1.96. The van der Waals surface area contributed by atoms with Gasteiger partial charge in [-0.1, -0.05) is 18.2 Å². The molecule has 0 aromatic heterocycles. The predicted octanol–water partition coefficient (Wildman–Crippen LogP) is 1.37. The first-order valence-corrected chi connectivity index (χ1v) is 5.23. The number of ether oxygens (including phenoxy) is 1. The maximum absolute atomic E-state index is 11.5. The molecule has 1 amide bonds. The van der Waals surface area contributed by atoms with Crippen LogP contribution in [0.15, 0.2) is 30.3 Å². The molecule has 0 aliphatic rings. The van der Waals surface area contributed by atoms with Crippen molar-refractivity contribution in [3.8, 4) is 0 Å². The van der Waals surface area contributed by atoms with E-state index in [1.807, 2.05) is 6.07 Å². The molecule has 0 saturated heterocycles. The fraction of sp³-hybridized carbons (Fsp3) is 0.333. The van der Waals surface area contributed by atoms with Crippen molar-refractivity contribution in [2.75, 3.05) is 13.2 Å². The molecule has 0 unspecified atom stereocenters. The number of rotatable bonds is 5. The predicted molar refractivity (Wildman–Crippen MR) is 60.0 cm³/mol. The highest BCUT2D eigenvalue weighted by Gasteiger charge is 2.05. The van der Waals surface area contributed by atoms with Crippen LogP contribution in [-0.4, -0.2) is 25.0 Å². The van der Waals surface area contributed by atoms with Gasteiger partial charge in [-0.2, -0.15) is 0 Å². The van der Waals surface area contributed by atoms with E-state index in [9.17, 15) is 9.59 Å². The molecule has 0 aliphatic heterocycles. The molecule has 1 aromatic rings. The third kappa shape index (κ3) is 4.13. The summed E-state index contributed by atoms with van der Waals surface area (Å²) in [4.78, 5) is 22.5. The second kappa shape index (κ2) is 6.61. The summed E-state index contributed by atoms with van der Waals surface area (Å²) in [6.07, 6.45) is 0.201. The van der Waals surface area contributed by atoms with Gasteiger partial charge >= 0.3 is 5.97 Å². The Kier molecular flexibility index (Phi) is 5.05. The maximum Gasteiger partial charge on any atom is 0.307 e. The summed E-state index contributed by atoms with van der Waals surface area (Å²) in [6.45, 7) is 2.42. The Labute approximate surface area is 94.6 Å². The maximum atomic E-state index is 11.5. The van der Waals surface area contributed by atoms with Crippen LogP contribution >= 0.6 is 0 Å². The molecule has 1 rings (SSSR count). The van der Waals surface area contributed by atoms with E-state index >= 15 is 0 Å². The van der Waals surface area contributed by atoms with Crippen molar-refractivity contribution < 1.29 is 14.3 Å². The molecular formula is C12H15NO3. The van der Waals surface area contributed by atoms with Gasteiger partial charge in [0.15, 0.2) is 0 Å². The summed E-state index contributed by atoms with van der Waals surface area (Å²) in [6, 6.07) is 8.87. The van der Waals surface area contributed by atoms with Crippen molar-refractivity contribution in [2.24, 2.45) is 0 Å². The van der Waals surface area contributed by atoms with Crippen molar-refractivity contribution in [2.45, 2.75) is 13.3 Å². The highest BCUT2D eigenvalue weighted by atomic mass is 16.5. The standard InChI is InChI=1S/C12H15NO3/c1-2-16-11(14)8-9-13-12(15)10-6-4-3-5-7-10/h3-7H,2,8-9H2,1H3,(H,13,15). The molecule has 0 saturated carbocycles. The number of carbonyl (C=O) groups excluding carboxylic acids is 2. The van der Waals surface area contributed by atoms with E-state index in [2.05, 4.69) is 5.32 Å². The van der Waals surface area contributed by atoms with Crippen molar-refractivity contribution in [3.63, 3.8) is 0 Å². The second-order valence-corrected chi connectivity index (χ2v) is 3.18. The van der Waals surface area contributed by atoms with E-state index in [-0.39, 0.29) is 18.3 Å². The van der Waals surface area contributed by atoms with Crippen LogP contribution in [0, 0.1) is 0 Å². The molecule has 0 atom stereocenters. The van der Waals surface area contributed by atoms with Gasteiger partial charge in [0.2, 0.25) is 0 Å². The molecule has 0 spiro atoms. The van der Waals surface area contributed by atoms with E-state index in [0.29, 0.717) is 18.7 Å². The SMILES string of the molecule is CCOC(=O)CCNC(=O)c1ccccc1. The molecule has 0 bridgehead atoms. The summed E-state index contributed by atoms with van der Waals surface area (Å²) >= 11 is 0.